The van der Waals surface area contributed by atoms with Gasteiger partial charge in [0.25, 0.3) is 5.56 Å². The van der Waals surface area contributed by atoms with Crippen LogP contribution in [0.5, 0.6) is 0 Å². The van der Waals surface area contributed by atoms with Crippen LogP contribution in [0.4, 0.5) is 0 Å². The van der Waals surface area contributed by atoms with Crippen LogP contribution in [0, 0.1) is 6.92 Å². The lowest BCUT2D eigenvalue weighted by atomic mass is 9.93. The zero-order valence-corrected chi connectivity index (χ0v) is 17.0. The van der Waals surface area contributed by atoms with Gasteiger partial charge in [0.15, 0.2) is 0 Å². The van der Waals surface area contributed by atoms with Gasteiger partial charge in [-0.2, -0.15) is 0 Å². The molecule has 0 saturated heterocycles. The maximum Gasteiger partial charge on any atom is 0.370 e. The van der Waals surface area contributed by atoms with Gasteiger partial charge in [-0.15, -0.1) is 0 Å². The predicted octanol–water partition coefficient (Wildman–Crippen LogP) is 1.31. The van der Waals surface area contributed by atoms with Crippen LogP contribution < -0.4 is 5.56 Å². The SMILES string of the molecule is Cc1c([C@H]2C=C(C(=O)O)O[C@@H](OCCOCCO)C2)c(=O)n(-c2ccccc2)n1C. The molecule has 162 valence electrons. The summed E-state index contributed by atoms with van der Waals surface area (Å²) in [5, 5.41) is 18.2. The van der Waals surface area contributed by atoms with Gasteiger partial charge in [0.1, 0.15) is 0 Å². The molecule has 0 fully saturated rings. The Labute approximate surface area is 173 Å². The lowest BCUT2D eigenvalue weighted by Gasteiger charge is -2.27. The summed E-state index contributed by atoms with van der Waals surface area (Å²) < 4.78 is 19.5. The van der Waals surface area contributed by atoms with Crippen LogP contribution >= 0.6 is 0 Å². The molecule has 0 aliphatic carbocycles. The summed E-state index contributed by atoms with van der Waals surface area (Å²) in [7, 11) is 1.79. The summed E-state index contributed by atoms with van der Waals surface area (Å²) in [6.07, 6.45) is 0.933. The number of carboxylic acid groups (broad SMARTS) is 1. The summed E-state index contributed by atoms with van der Waals surface area (Å²) in [5.41, 5.74) is 1.76. The van der Waals surface area contributed by atoms with Gasteiger partial charge in [0, 0.05) is 30.6 Å². The summed E-state index contributed by atoms with van der Waals surface area (Å²) >= 11 is 0. The van der Waals surface area contributed by atoms with Crippen molar-refractivity contribution in [3.8, 4) is 5.69 Å². The number of rotatable bonds is 9. The van der Waals surface area contributed by atoms with Crippen molar-refractivity contribution in [1.82, 2.24) is 9.36 Å². The first kappa shape index (κ1) is 21.8. The monoisotopic (exact) mass is 418 g/mol. The highest BCUT2D eigenvalue weighted by Crippen LogP contribution is 2.32. The molecular weight excluding hydrogens is 392 g/mol. The summed E-state index contributed by atoms with van der Waals surface area (Å²) in [4.78, 5) is 24.8. The van der Waals surface area contributed by atoms with Crippen molar-refractivity contribution >= 4 is 5.97 Å². The van der Waals surface area contributed by atoms with Crippen molar-refractivity contribution in [2.24, 2.45) is 7.05 Å². The summed E-state index contributed by atoms with van der Waals surface area (Å²) in [6, 6.07) is 9.25. The van der Waals surface area contributed by atoms with Gasteiger partial charge in [0.2, 0.25) is 12.0 Å². The van der Waals surface area contributed by atoms with E-state index in [-0.39, 0.29) is 37.7 Å². The fraction of sp³-hybridized carbons (Fsp3) is 0.429. The van der Waals surface area contributed by atoms with E-state index >= 15 is 0 Å². The van der Waals surface area contributed by atoms with Crippen LogP contribution in [-0.4, -0.2) is 58.3 Å². The number of aliphatic carboxylic acids is 1. The molecule has 1 aromatic carbocycles. The number of aromatic nitrogens is 2. The number of hydrogen-bond donors (Lipinski definition) is 2. The van der Waals surface area contributed by atoms with Gasteiger partial charge >= 0.3 is 5.97 Å². The largest absolute Gasteiger partial charge is 0.475 e. The van der Waals surface area contributed by atoms with Crippen LogP contribution in [0.15, 0.2) is 47.0 Å². The molecule has 1 aromatic heterocycles. The number of aliphatic hydroxyl groups excluding tert-OH is 1. The maximum absolute atomic E-state index is 13.3. The molecule has 0 spiro atoms. The van der Waals surface area contributed by atoms with Crippen LogP contribution in [-0.2, 0) is 26.1 Å². The zero-order valence-electron chi connectivity index (χ0n) is 17.0. The van der Waals surface area contributed by atoms with Crippen molar-refractivity contribution in [3.63, 3.8) is 0 Å². The summed E-state index contributed by atoms with van der Waals surface area (Å²) in [5.74, 6) is -1.94. The Hall–Kier alpha value is -2.88. The van der Waals surface area contributed by atoms with E-state index in [9.17, 15) is 14.7 Å². The highest BCUT2D eigenvalue weighted by Gasteiger charge is 2.32. The molecule has 9 heteroatoms. The van der Waals surface area contributed by atoms with Crippen LogP contribution in [0.1, 0.15) is 23.6 Å². The van der Waals surface area contributed by atoms with E-state index in [1.165, 1.54) is 6.08 Å². The number of benzene rings is 1. The van der Waals surface area contributed by atoms with Gasteiger partial charge in [-0.3, -0.25) is 9.48 Å². The van der Waals surface area contributed by atoms with E-state index in [4.69, 9.17) is 19.3 Å². The lowest BCUT2D eigenvalue weighted by Crippen LogP contribution is -2.30. The van der Waals surface area contributed by atoms with Crippen molar-refractivity contribution in [3.05, 3.63) is 63.8 Å². The van der Waals surface area contributed by atoms with Crippen molar-refractivity contribution < 1.29 is 29.2 Å². The molecular formula is C21H26N2O7. The van der Waals surface area contributed by atoms with E-state index in [1.807, 2.05) is 37.3 Å². The predicted molar refractivity (Wildman–Crippen MR) is 108 cm³/mol. The Morgan fingerprint density at radius 3 is 2.63 bits per heavy atom. The smallest absolute Gasteiger partial charge is 0.370 e. The average molecular weight is 418 g/mol. The number of hydrogen-bond acceptors (Lipinski definition) is 6. The van der Waals surface area contributed by atoms with E-state index in [1.54, 1.807) is 16.4 Å². The van der Waals surface area contributed by atoms with Crippen LogP contribution in [0.2, 0.25) is 0 Å². The molecule has 0 unspecified atom stereocenters. The number of carboxylic acids is 1. The highest BCUT2D eigenvalue weighted by atomic mass is 16.7. The standard InChI is InChI=1S/C21H26N2O7/c1-14-19(20(25)23(22(14)2)16-6-4-3-5-7-16)15-12-17(21(26)27)30-18(13-15)29-11-10-28-9-8-24/h3-7,12,15,18,24H,8-11,13H2,1-2H3,(H,26,27)/t15-,18+/m0/s1. The quantitative estimate of drug-likeness (QED) is 0.591. The Kier molecular flexibility index (Phi) is 7.09. The van der Waals surface area contributed by atoms with Gasteiger partial charge < -0.3 is 24.4 Å². The lowest BCUT2D eigenvalue weighted by molar-refractivity contribution is -0.160. The van der Waals surface area contributed by atoms with Gasteiger partial charge in [0.05, 0.1) is 32.1 Å². The fourth-order valence-electron chi connectivity index (χ4n) is 3.53. The molecule has 0 amide bonds. The maximum atomic E-state index is 13.3. The minimum Gasteiger partial charge on any atom is -0.475 e. The molecule has 0 saturated carbocycles. The van der Waals surface area contributed by atoms with Crippen molar-refractivity contribution in [2.45, 2.75) is 25.6 Å². The Morgan fingerprint density at radius 2 is 1.97 bits per heavy atom. The molecule has 0 radical (unpaired) electrons. The van der Waals surface area contributed by atoms with Crippen LogP contribution in [0.3, 0.4) is 0 Å². The molecule has 2 atom stereocenters. The fourth-order valence-corrected chi connectivity index (χ4v) is 3.53. The number of ether oxygens (including phenoxy) is 3. The minimum absolute atomic E-state index is 0.0884. The number of aliphatic hydroxyl groups is 1. The number of allylic oxidation sites excluding steroid dienone is 1. The molecule has 1 aliphatic rings. The first-order valence-electron chi connectivity index (χ1n) is 9.70. The highest BCUT2D eigenvalue weighted by molar-refractivity contribution is 5.84. The second kappa shape index (κ2) is 9.75. The zero-order chi connectivity index (χ0) is 21.7. The average Bonchev–Trinajstić information content (AvgIpc) is 2.96. The van der Waals surface area contributed by atoms with Gasteiger partial charge in [-0.05, 0) is 25.1 Å². The van der Waals surface area contributed by atoms with Gasteiger partial charge in [-0.1, -0.05) is 18.2 Å². The van der Waals surface area contributed by atoms with Crippen molar-refractivity contribution in [1.29, 1.82) is 0 Å². The minimum atomic E-state index is -1.22. The molecule has 1 aliphatic heterocycles. The Bertz CT molecular complexity index is 962. The number of para-hydroxylation sites is 1. The molecule has 3 rings (SSSR count). The molecule has 30 heavy (non-hydrogen) atoms. The molecule has 9 nitrogen and oxygen atoms in total. The number of nitrogens with zero attached hydrogens (tertiary/aromatic N) is 2. The van der Waals surface area contributed by atoms with Crippen molar-refractivity contribution in [2.75, 3.05) is 26.4 Å². The van der Waals surface area contributed by atoms with Crippen LogP contribution in [0.25, 0.3) is 5.69 Å². The first-order valence-corrected chi connectivity index (χ1v) is 9.70. The molecule has 0 bridgehead atoms. The Balaban J connectivity index is 1.89. The first-order chi connectivity index (χ1) is 14.4. The van der Waals surface area contributed by atoms with E-state index < -0.39 is 18.2 Å². The second-order valence-electron chi connectivity index (χ2n) is 6.91. The molecule has 2 N–H and O–H groups in total. The number of carbonyl (C=O) groups is 1. The third kappa shape index (κ3) is 4.64. The second-order valence-corrected chi connectivity index (χ2v) is 6.91. The topological polar surface area (TPSA) is 112 Å². The Morgan fingerprint density at radius 1 is 1.23 bits per heavy atom. The molecule has 2 heterocycles. The normalized spacial score (nSPS) is 18.7. The van der Waals surface area contributed by atoms with E-state index in [2.05, 4.69) is 0 Å². The third-order valence-electron chi connectivity index (χ3n) is 5.00. The van der Waals surface area contributed by atoms with E-state index in [0.717, 1.165) is 11.4 Å². The summed E-state index contributed by atoms with van der Waals surface area (Å²) in [6.45, 7) is 2.35. The van der Waals surface area contributed by atoms with E-state index in [0.29, 0.717) is 12.0 Å². The third-order valence-corrected chi connectivity index (χ3v) is 5.00. The van der Waals surface area contributed by atoms with Gasteiger partial charge in [-0.25, -0.2) is 9.48 Å². The molecule has 2 aromatic rings.